The molecule has 0 N–H and O–H groups in total. The summed E-state index contributed by atoms with van der Waals surface area (Å²) in [6.45, 7) is 6.50. The molecule has 0 amide bonds. The first-order chi connectivity index (χ1) is 11.8. The molecule has 0 bridgehead atoms. The minimum absolute atomic E-state index is 0.440. The van der Waals surface area contributed by atoms with E-state index >= 15 is 0 Å². The fourth-order valence-electron chi connectivity index (χ4n) is 3.58. The fraction of sp³-hybridized carbons (Fsp3) is 0.700. The lowest BCUT2D eigenvalue weighted by Gasteiger charge is -2.37. The van der Waals surface area contributed by atoms with Crippen molar-refractivity contribution in [3.63, 3.8) is 0 Å². The van der Waals surface area contributed by atoms with Crippen molar-refractivity contribution in [1.82, 2.24) is 4.90 Å². The van der Waals surface area contributed by atoms with E-state index in [2.05, 4.69) is 42.2 Å². The average Bonchev–Trinajstić information content (AvgIpc) is 2.64. The third-order valence-electron chi connectivity index (χ3n) is 5.20. The van der Waals surface area contributed by atoms with Crippen molar-refractivity contribution in [3.8, 4) is 0 Å². The summed E-state index contributed by atoms with van der Waals surface area (Å²) >= 11 is 1.97. The third-order valence-corrected chi connectivity index (χ3v) is 6.25. The van der Waals surface area contributed by atoms with Crippen molar-refractivity contribution < 1.29 is 9.47 Å². The highest BCUT2D eigenvalue weighted by Gasteiger charge is 2.26. The molecule has 2 fully saturated rings. The molecule has 24 heavy (non-hydrogen) atoms. The van der Waals surface area contributed by atoms with Gasteiger partial charge in [0.15, 0.2) is 0 Å². The largest absolute Gasteiger partial charge is 0.381 e. The van der Waals surface area contributed by atoms with E-state index in [0.717, 1.165) is 26.1 Å². The number of thioether (sulfide) groups is 1. The van der Waals surface area contributed by atoms with E-state index in [1.165, 1.54) is 43.0 Å². The lowest BCUT2D eigenvalue weighted by atomic mass is 10.0. The Morgan fingerprint density at radius 1 is 1.08 bits per heavy atom. The van der Waals surface area contributed by atoms with E-state index in [1.54, 1.807) is 0 Å². The van der Waals surface area contributed by atoms with Crippen LogP contribution in [-0.2, 0) is 9.47 Å². The van der Waals surface area contributed by atoms with Crippen LogP contribution in [0.2, 0.25) is 0 Å². The van der Waals surface area contributed by atoms with Gasteiger partial charge in [-0.1, -0.05) is 18.2 Å². The van der Waals surface area contributed by atoms with Crippen LogP contribution in [0.1, 0.15) is 39.0 Å². The van der Waals surface area contributed by atoms with Gasteiger partial charge in [0.1, 0.15) is 0 Å². The molecule has 0 unspecified atom stereocenters. The van der Waals surface area contributed by atoms with Gasteiger partial charge >= 0.3 is 0 Å². The summed E-state index contributed by atoms with van der Waals surface area (Å²) < 4.78 is 11.7. The van der Waals surface area contributed by atoms with Crippen molar-refractivity contribution in [3.05, 3.63) is 30.3 Å². The summed E-state index contributed by atoms with van der Waals surface area (Å²) in [7, 11) is 0. The van der Waals surface area contributed by atoms with Crippen LogP contribution in [0.3, 0.4) is 0 Å². The topological polar surface area (TPSA) is 21.7 Å². The number of hydrogen-bond acceptors (Lipinski definition) is 4. The third kappa shape index (κ3) is 5.76. The number of ether oxygens (including phenoxy) is 2. The van der Waals surface area contributed by atoms with Crippen LogP contribution in [0.25, 0.3) is 0 Å². The molecule has 0 aliphatic carbocycles. The van der Waals surface area contributed by atoms with Crippen LogP contribution in [0.15, 0.2) is 35.2 Å². The maximum Gasteiger partial charge on any atom is 0.0622 e. The van der Waals surface area contributed by atoms with E-state index in [4.69, 9.17) is 9.47 Å². The van der Waals surface area contributed by atoms with Crippen molar-refractivity contribution in [2.75, 3.05) is 32.1 Å². The maximum absolute atomic E-state index is 6.29. The monoisotopic (exact) mass is 349 g/mol. The van der Waals surface area contributed by atoms with Gasteiger partial charge in [-0.15, -0.1) is 11.8 Å². The Balaban J connectivity index is 1.32. The highest BCUT2D eigenvalue weighted by molar-refractivity contribution is 7.99. The van der Waals surface area contributed by atoms with Gasteiger partial charge in [0, 0.05) is 37.2 Å². The number of rotatable bonds is 7. The second-order valence-electron chi connectivity index (χ2n) is 6.98. The van der Waals surface area contributed by atoms with Crippen LogP contribution in [0.5, 0.6) is 0 Å². The van der Waals surface area contributed by atoms with Gasteiger partial charge in [-0.3, -0.25) is 0 Å². The molecule has 0 spiro atoms. The molecule has 3 rings (SSSR count). The van der Waals surface area contributed by atoms with Crippen molar-refractivity contribution in [1.29, 1.82) is 0 Å². The van der Waals surface area contributed by atoms with Crippen LogP contribution < -0.4 is 0 Å². The van der Waals surface area contributed by atoms with Gasteiger partial charge in [-0.25, -0.2) is 0 Å². The minimum atomic E-state index is 0.440. The summed E-state index contributed by atoms with van der Waals surface area (Å²) in [6, 6.07) is 11.4. The Bertz CT molecular complexity index is 456. The summed E-state index contributed by atoms with van der Waals surface area (Å²) in [4.78, 5) is 4.03. The normalized spacial score (nSPS) is 22.5. The molecule has 134 valence electrons. The smallest absolute Gasteiger partial charge is 0.0622 e. The summed E-state index contributed by atoms with van der Waals surface area (Å²) in [5, 5.41) is 0. The van der Waals surface area contributed by atoms with Gasteiger partial charge in [0.2, 0.25) is 0 Å². The van der Waals surface area contributed by atoms with E-state index in [-0.39, 0.29) is 0 Å². The van der Waals surface area contributed by atoms with Gasteiger partial charge in [0.25, 0.3) is 0 Å². The zero-order valence-corrected chi connectivity index (χ0v) is 15.7. The first-order valence-corrected chi connectivity index (χ1v) is 10.4. The molecule has 0 saturated carbocycles. The molecule has 1 aromatic carbocycles. The molecular formula is C20H31NO2S. The van der Waals surface area contributed by atoms with E-state index in [9.17, 15) is 0 Å². The van der Waals surface area contributed by atoms with Gasteiger partial charge in [-0.2, -0.15) is 0 Å². The van der Waals surface area contributed by atoms with Crippen LogP contribution >= 0.6 is 11.8 Å². The molecule has 1 aromatic rings. The zero-order chi connectivity index (χ0) is 16.6. The molecule has 2 aliphatic heterocycles. The molecular weight excluding hydrogens is 318 g/mol. The first-order valence-electron chi connectivity index (χ1n) is 9.46. The molecule has 0 radical (unpaired) electrons. The Kier molecular flexibility index (Phi) is 7.46. The van der Waals surface area contributed by atoms with Crippen molar-refractivity contribution in [2.24, 2.45) is 0 Å². The lowest BCUT2D eigenvalue weighted by molar-refractivity contribution is -0.0868. The Hall–Kier alpha value is -0.550. The number of nitrogens with zero attached hydrogens (tertiary/aromatic N) is 1. The highest BCUT2D eigenvalue weighted by atomic mass is 32.2. The first kappa shape index (κ1) is 18.2. The fourth-order valence-corrected chi connectivity index (χ4v) is 4.63. The molecule has 2 saturated heterocycles. The van der Waals surface area contributed by atoms with Crippen molar-refractivity contribution in [2.45, 2.75) is 62.2 Å². The Labute approximate surface area is 151 Å². The Morgan fingerprint density at radius 3 is 2.46 bits per heavy atom. The average molecular weight is 350 g/mol. The summed E-state index contributed by atoms with van der Waals surface area (Å²) in [6.07, 6.45) is 6.69. The van der Waals surface area contributed by atoms with E-state index in [0.29, 0.717) is 18.2 Å². The van der Waals surface area contributed by atoms with Crippen LogP contribution in [0.4, 0.5) is 0 Å². The number of hydrogen-bond donors (Lipinski definition) is 0. The second-order valence-corrected chi connectivity index (χ2v) is 8.15. The molecule has 1 atom stereocenters. The predicted molar refractivity (Wildman–Crippen MR) is 101 cm³/mol. The van der Waals surface area contributed by atoms with E-state index < -0.39 is 0 Å². The van der Waals surface area contributed by atoms with Gasteiger partial charge in [-0.05, 0) is 56.9 Å². The quantitative estimate of drug-likeness (QED) is 0.687. The number of benzene rings is 1. The minimum Gasteiger partial charge on any atom is -0.381 e. The van der Waals surface area contributed by atoms with Crippen LogP contribution in [0, 0.1) is 0 Å². The molecule has 0 aromatic heterocycles. The Morgan fingerprint density at radius 2 is 1.75 bits per heavy atom. The molecule has 3 nitrogen and oxygen atoms in total. The molecule has 2 aliphatic rings. The standard InChI is InChI=1S/C20H31NO2S/c1-17(11-16-24-20-5-3-2-4-6-20)21-12-7-18(8-13-21)23-19-9-14-22-15-10-19/h2-6,17-19H,7-16H2,1H3/t17-/m0/s1. The van der Waals surface area contributed by atoms with Crippen molar-refractivity contribution >= 4 is 11.8 Å². The number of likely N-dealkylation sites (tertiary alicyclic amines) is 1. The predicted octanol–water partition coefficient (Wildman–Crippen LogP) is 4.22. The van der Waals surface area contributed by atoms with Crippen LogP contribution in [-0.4, -0.2) is 55.2 Å². The lowest BCUT2D eigenvalue weighted by Crippen LogP contribution is -2.43. The zero-order valence-electron chi connectivity index (χ0n) is 14.9. The maximum atomic E-state index is 6.29. The van der Waals surface area contributed by atoms with Gasteiger partial charge < -0.3 is 14.4 Å². The molecule has 2 heterocycles. The SMILES string of the molecule is C[C@@H](CCSc1ccccc1)N1CCC(OC2CCOCC2)CC1. The van der Waals surface area contributed by atoms with E-state index in [1.807, 2.05) is 11.8 Å². The highest BCUT2D eigenvalue weighted by Crippen LogP contribution is 2.23. The summed E-state index contributed by atoms with van der Waals surface area (Å²) in [5.41, 5.74) is 0. The molecule has 4 heteroatoms. The number of piperidine rings is 1. The summed E-state index contributed by atoms with van der Waals surface area (Å²) in [5.74, 6) is 1.20. The second kappa shape index (κ2) is 9.81. The van der Waals surface area contributed by atoms with Gasteiger partial charge in [0.05, 0.1) is 12.2 Å².